The summed E-state index contributed by atoms with van der Waals surface area (Å²) in [6.45, 7) is 3.06. The highest BCUT2D eigenvalue weighted by Crippen LogP contribution is 2.31. The molecule has 0 saturated carbocycles. The lowest BCUT2D eigenvalue weighted by Gasteiger charge is -2.30. The molecule has 2 aromatic carbocycles. The van der Waals surface area contributed by atoms with Crippen LogP contribution in [0.1, 0.15) is 19.8 Å². The van der Waals surface area contributed by atoms with Crippen molar-refractivity contribution in [2.45, 2.75) is 24.7 Å². The fourth-order valence-corrected chi connectivity index (χ4v) is 5.20. The van der Waals surface area contributed by atoms with E-state index in [0.717, 1.165) is 12.8 Å². The monoisotopic (exact) mass is 401 g/mol. The third-order valence-corrected chi connectivity index (χ3v) is 6.81. The topological polar surface area (TPSA) is 76.3 Å². The molecule has 2 heterocycles. The van der Waals surface area contributed by atoms with Crippen LogP contribution >= 0.6 is 0 Å². The molecule has 0 spiro atoms. The summed E-state index contributed by atoms with van der Waals surface area (Å²) in [6.07, 6.45) is 1.87. The average Bonchev–Trinajstić information content (AvgIpc) is 3.18. The second kappa shape index (κ2) is 7.44. The Balaban J connectivity index is 1.72. The minimum absolute atomic E-state index is 0.114. The predicted molar refractivity (Wildman–Crippen MR) is 102 cm³/mol. The van der Waals surface area contributed by atoms with Crippen LogP contribution in [-0.2, 0) is 10.0 Å². The lowest BCUT2D eigenvalue weighted by molar-refractivity contribution is 0.281. The molecule has 6 nitrogen and oxygen atoms in total. The zero-order chi connectivity index (χ0) is 19.7. The van der Waals surface area contributed by atoms with Gasteiger partial charge in [-0.3, -0.25) is 0 Å². The number of hydrogen-bond acceptors (Lipinski definition) is 5. The van der Waals surface area contributed by atoms with Crippen LogP contribution in [0, 0.1) is 11.7 Å². The molecule has 3 aromatic rings. The van der Waals surface area contributed by atoms with Crippen LogP contribution in [0.15, 0.2) is 57.9 Å². The van der Waals surface area contributed by atoms with Gasteiger partial charge >= 0.3 is 0 Å². The van der Waals surface area contributed by atoms with Crippen LogP contribution in [0.25, 0.3) is 22.8 Å². The minimum atomic E-state index is -3.68. The van der Waals surface area contributed by atoms with Gasteiger partial charge in [0.25, 0.3) is 5.89 Å². The zero-order valence-electron chi connectivity index (χ0n) is 15.4. The first-order valence-electron chi connectivity index (χ1n) is 9.14. The summed E-state index contributed by atoms with van der Waals surface area (Å²) in [5, 5.41) is 3.92. The Labute approximate surface area is 163 Å². The number of sulfonamides is 1. The van der Waals surface area contributed by atoms with E-state index in [2.05, 4.69) is 17.1 Å². The van der Waals surface area contributed by atoms with Gasteiger partial charge < -0.3 is 4.52 Å². The van der Waals surface area contributed by atoms with Gasteiger partial charge in [-0.05, 0) is 55.2 Å². The van der Waals surface area contributed by atoms with Crippen molar-refractivity contribution in [3.8, 4) is 22.8 Å². The average molecular weight is 401 g/mol. The maximum atomic E-state index is 13.2. The first kappa shape index (κ1) is 18.8. The summed E-state index contributed by atoms with van der Waals surface area (Å²) in [5.74, 6) is 0.348. The lowest BCUT2D eigenvalue weighted by atomic mass is 10.0. The molecule has 28 heavy (non-hydrogen) atoms. The number of aromatic nitrogens is 2. The van der Waals surface area contributed by atoms with Gasteiger partial charge in [-0.15, -0.1) is 0 Å². The SMILES string of the molecule is C[C@H]1CCCN(S(=O)(=O)c2ccccc2-c2nc(-c3ccc(F)cc3)no2)C1. The van der Waals surface area contributed by atoms with Crippen molar-refractivity contribution in [2.24, 2.45) is 5.92 Å². The molecule has 0 aliphatic carbocycles. The van der Waals surface area contributed by atoms with E-state index in [9.17, 15) is 12.8 Å². The number of hydrogen-bond donors (Lipinski definition) is 0. The van der Waals surface area contributed by atoms with E-state index in [1.54, 1.807) is 36.4 Å². The van der Waals surface area contributed by atoms with Crippen molar-refractivity contribution in [1.29, 1.82) is 0 Å². The van der Waals surface area contributed by atoms with Crippen LogP contribution in [0.4, 0.5) is 4.39 Å². The molecular weight excluding hydrogens is 381 g/mol. The van der Waals surface area contributed by atoms with Gasteiger partial charge in [0.2, 0.25) is 15.8 Å². The number of halogens is 1. The smallest absolute Gasteiger partial charge is 0.259 e. The van der Waals surface area contributed by atoms with Crippen LogP contribution in [0.5, 0.6) is 0 Å². The maximum absolute atomic E-state index is 13.2. The summed E-state index contributed by atoms with van der Waals surface area (Å²) in [6, 6.07) is 12.3. The first-order valence-corrected chi connectivity index (χ1v) is 10.6. The van der Waals surface area contributed by atoms with Crippen molar-refractivity contribution in [2.75, 3.05) is 13.1 Å². The molecule has 146 valence electrons. The predicted octanol–water partition coefficient (Wildman–Crippen LogP) is 3.96. The molecule has 0 bridgehead atoms. The lowest BCUT2D eigenvalue weighted by Crippen LogP contribution is -2.39. The van der Waals surface area contributed by atoms with Crippen LogP contribution in [0.3, 0.4) is 0 Å². The third-order valence-electron chi connectivity index (χ3n) is 4.88. The molecular formula is C20H20FN3O3S. The quantitative estimate of drug-likeness (QED) is 0.661. The fourth-order valence-electron chi connectivity index (χ4n) is 3.42. The van der Waals surface area contributed by atoms with Crippen molar-refractivity contribution >= 4 is 10.0 Å². The fraction of sp³-hybridized carbons (Fsp3) is 0.300. The van der Waals surface area contributed by atoms with Gasteiger partial charge in [-0.1, -0.05) is 24.2 Å². The normalized spacial score (nSPS) is 18.3. The summed E-state index contributed by atoms with van der Waals surface area (Å²) in [7, 11) is -3.68. The minimum Gasteiger partial charge on any atom is -0.334 e. The Morgan fingerprint density at radius 1 is 1.14 bits per heavy atom. The van der Waals surface area contributed by atoms with Crippen molar-refractivity contribution in [3.63, 3.8) is 0 Å². The number of nitrogens with zero attached hydrogens (tertiary/aromatic N) is 3. The molecule has 1 aliphatic heterocycles. The standard InChI is InChI=1S/C20H20FN3O3S/c1-14-5-4-12-24(13-14)28(25,26)18-7-3-2-6-17(18)20-22-19(23-27-20)15-8-10-16(21)11-9-15/h2-3,6-11,14H,4-5,12-13H2,1H3/t14-/m0/s1. The summed E-state index contributed by atoms with van der Waals surface area (Å²) in [5.41, 5.74) is 0.947. The molecule has 0 unspecified atom stereocenters. The molecule has 0 amide bonds. The highest BCUT2D eigenvalue weighted by molar-refractivity contribution is 7.89. The Kier molecular flexibility index (Phi) is 4.99. The van der Waals surface area contributed by atoms with E-state index in [4.69, 9.17) is 4.52 Å². The van der Waals surface area contributed by atoms with Crippen LogP contribution in [0.2, 0.25) is 0 Å². The number of benzene rings is 2. The van der Waals surface area contributed by atoms with Gasteiger partial charge in [-0.2, -0.15) is 9.29 Å². The first-order chi connectivity index (χ1) is 13.4. The van der Waals surface area contributed by atoms with Gasteiger partial charge in [-0.25, -0.2) is 12.8 Å². The van der Waals surface area contributed by atoms with E-state index in [1.807, 2.05) is 0 Å². The van der Waals surface area contributed by atoms with E-state index < -0.39 is 10.0 Å². The third kappa shape index (κ3) is 3.57. The number of piperidine rings is 1. The number of rotatable bonds is 4. The second-order valence-corrected chi connectivity index (χ2v) is 8.94. The summed E-state index contributed by atoms with van der Waals surface area (Å²) >= 11 is 0. The molecule has 4 rings (SSSR count). The second-order valence-electron chi connectivity index (χ2n) is 7.04. The molecule has 1 fully saturated rings. The Morgan fingerprint density at radius 3 is 2.64 bits per heavy atom. The van der Waals surface area contributed by atoms with Gasteiger partial charge in [0.1, 0.15) is 5.82 Å². The summed E-state index contributed by atoms with van der Waals surface area (Å²) < 4.78 is 46.5. The molecule has 1 atom stereocenters. The van der Waals surface area contributed by atoms with Gasteiger partial charge in [0, 0.05) is 18.7 Å². The molecule has 1 saturated heterocycles. The Morgan fingerprint density at radius 2 is 1.89 bits per heavy atom. The van der Waals surface area contributed by atoms with Gasteiger partial charge in [0.15, 0.2) is 0 Å². The highest BCUT2D eigenvalue weighted by Gasteiger charge is 2.31. The van der Waals surface area contributed by atoms with E-state index >= 15 is 0 Å². The molecule has 1 aliphatic rings. The zero-order valence-corrected chi connectivity index (χ0v) is 16.2. The highest BCUT2D eigenvalue weighted by atomic mass is 32.2. The molecule has 0 radical (unpaired) electrons. The molecule has 1 aromatic heterocycles. The Bertz CT molecular complexity index is 1080. The molecule has 8 heteroatoms. The van der Waals surface area contributed by atoms with Crippen molar-refractivity contribution in [3.05, 3.63) is 54.3 Å². The largest absolute Gasteiger partial charge is 0.334 e. The Hall–Kier alpha value is -2.58. The maximum Gasteiger partial charge on any atom is 0.259 e. The van der Waals surface area contributed by atoms with E-state index in [1.165, 1.54) is 16.4 Å². The van der Waals surface area contributed by atoms with Crippen LogP contribution < -0.4 is 0 Å². The van der Waals surface area contributed by atoms with E-state index in [0.29, 0.717) is 30.1 Å². The van der Waals surface area contributed by atoms with Crippen molar-refractivity contribution in [1.82, 2.24) is 14.4 Å². The van der Waals surface area contributed by atoms with E-state index in [-0.39, 0.29) is 22.4 Å². The molecule has 0 N–H and O–H groups in total. The summed E-state index contributed by atoms with van der Waals surface area (Å²) in [4.78, 5) is 4.48. The van der Waals surface area contributed by atoms with Crippen LogP contribution in [-0.4, -0.2) is 36.0 Å². The van der Waals surface area contributed by atoms with Crippen molar-refractivity contribution < 1.29 is 17.3 Å². The van der Waals surface area contributed by atoms with Gasteiger partial charge in [0.05, 0.1) is 10.5 Å².